The van der Waals surface area contributed by atoms with Crippen molar-refractivity contribution in [3.05, 3.63) is 35.6 Å². The number of piperidine rings is 1. The number of hydrogen-bond donors (Lipinski definition) is 2. The number of hydrazone groups is 1. The molecule has 2 fully saturated rings. The van der Waals surface area contributed by atoms with Crippen LogP contribution in [0.4, 0.5) is 4.39 Å². The molecule has 2 N–H and O–H groups in total. The Morgan fingerprint density at radius 3 is 2.85 bits per heavy atom. The maximum absolute atomic E-state index is 14.1. The van der Waals surface area contributed by atoms with Gasteiger partial charge in [-0.15, -0.1) is 0 Å². The lowest BCUT2D eigenvalue weighted by Crippen LogP contribution is -2.55. The number of rotatable bonds is 3. The van der Waals surface area contributed by atoms with Crippen LogP contribution in [0, 0.1) is 17.1 Å². The average Bonchev–Trinajstić information content (AvgIpc) is 2.68. The first kappa shape index (κ1) is 18.5. The van der Waals surface area contributed by atoms with Crippen LogP contribution in [0.1, 0.15) is 24.8 Å². The number of benzene rings is 1. The fourth-order valence-electron chi connectivity index (χ4n) is 4.11. The zero-order valence-electron chi connectivity index (χ0n) is 15.5. The molecule has 27 heavy (non-hydrogen) atoms. The molecular formula is C20H27FN4O2. The van der Waals surface area contributed by atoms with Gasteiger partial charge >= 0.3 is 0 Å². The summed E-state index contributed by atoms with van der Waals surface area (Å²) in [6.07, 6.45) is 3.18. The van der Waals surface area contributed by atoms with Crippen LogP contribution in [0.2, 0.25) is 0 Å². The molecule has 3 heterocycles. The molecule has 2 atom stereocenters. The maximum Gasteiger partial charge on any atom is 0.132 e. The third-order valence-electron chi connectivity index (χ3n) is 5.70. The van der Waals surface area contributed by atoms with Crippen molar-refractivity contribution in [2.24, 2.45) is 11.0 Å². The van der Waals surface area contributed by atoms with Gasteiger partial charge in [0.1, 0.15) is 11.5 Å². The number of likely N-dealkylation sites (tertiary alicyclic amines) is 1. The van der Waals surface area contributed by atoms with Crippen molar-refractivity contribution < 1.29 is 13.9 Å². The van der Waals surface area contributed by atoms with Gasteiger partial charge in [-0.3, -0.25) is 0 Å². The summed E-state index contributed by atoms with van der Waals surface area (Å²) >= 11 is 0. The second-order valence-corrected chi connectivity index (χ2v) is 7.61. The van der Waals surface area contributed by atoms with Gasteiger partial charge < -0.3 is 25.2 Å². The molecule has 4 rings (SSSR count). The van der Waals surface area contributed by atoms with Gasteiger partial charge in [0.25, 0.3) is 0 Å². The quantitative estimate of drug-likeness (QED) is 0.850. The highest BCUT2D eigenvalue weighted by atomic mass is 19.1. The molecule has 7 heteroatoms. The second kappa shape index (κ2) is 8.46. The zero-order chi connectivity index (χ0) is 18.6. The molecule has 0 amide bonds. The molecule has 0 bridgehead atoms. The summed E-state index contributed by atoms with van der Waals surface area (Å²) in [5.74, 6) is 0.326. The summed E-state index contributed by atoms with van der Waals surface area (Å²) in [6.45, 7) is 4.81. The Bertz CT molecular complexity index is 705. The highest BCUT2D eigenvalue weighted by Crippen LogP contribution is 2.22. The molecule has 2 saturated heterocycles. The summed E-state index contributed by atoms with van der Waals surface area (Å²) in [7, 11) is 0. The van der Waals surface area contributed by atoms with E-state index in [1.165, 1.54) is 6.07 Å². The topological polar surface area (TPSA) is 69.9 Å². The number of nitrogens with one attached hydrogen (secondary N) is 2. The normalized spacial score (nSPS) is 27.9. The zero-order valence-corrected chi connectivity index (χ0v) is 15.5. The summed E-state index contributed by atoms with van der Waals surface area (Å²) in [4.78, 5) is 2.46. The lowest BCUT2D eigenvalue weighted by Gasteiger charge is -2.40. The first-order valence-electron chi connectivity index (χ1n) is 9.78. The van der Waals surface area contributed by atoms with E-state index in [1.54, 1.807) is 18.2 Å². The van der Waals surface area contributed by atoms with Crippen LogP contribution in [-0.4, -0.2) is 67.9 Å². The minimum absolute atomic E-state index is 0.00939. The molecule has 3 aliphatic heterocycles. The van der Waals surface area contributed by atoms with Gasteiger partial charge in [0.15, 0.2) is 0 Å². The standard InChI is InChI=1S/C20H27FN4O2/c21-16-4-2-1-3-15(16)20-17(22)13-27-19-12-25(8-5-18(19)23-24-20)11-14-6-9-26-10-7-14/h1-4,14,18-19,22-23H,5-13H2/t18-,19+/m0/s1. The van der Waals surface area contributed by atoms with Crippen LogP contribution in [0.5, 0.6) is 0 Å². The van der Waals surface area contributed by atoms with Gasteiger partial charge in [0.05, 0.1) is 24.5 Å². The molecule has 0 spiro atoms. The minimum Gasteiger partial charge on any atom is -0.381 e. The van der Waals surface area contributed by atoms with E-state index in [0.29, 0.717) is 17.2 Å². The first-order valence-corrected chi connectivity index (χ1v) is 9.78. The lowest BCUT2D eigenvalue weighted by atomic mass is 9.96. The van der Waals surface area contributed by atoms with E-state index in [0.717, 1.165) is 52.1 Å². The van der Waals surface area contributed by atoms with Crippen LogP contribution in [0.3, 0.4) is 0 Å². The molecule has 0 saturated carbocycles. The molecule has 0 radical (unpaired) electrons. The van der Waals surface area contributed by atoms with E-state index < -0.39 is 0 Å². The van der Waals surface area contributed by atoms with Crippen molar-refractivity contribution in [2.75, 3.05) is 39.5 Å². The van der Waals surface area contributed by atoms with E-state index in [1.807, 2.05) is 0 Å². The first-order chi connectivity index (χ1) is 13.2. The largest absolute Gasteiger partial charge is 0.381 e. The van der Waals surface area contributed by atoms with E-state index in [2.05, 4.69) is 15.4 Å². The fraction of sp³-hybridized carbons (Fsp3) is 0.600. The number of nitrogens with zero attached hydrogens (tertiary/aromatic N) is 2. The summed E-state index contributed by atoms with van der Waals surface area (Å²) in [5, 5.41) is 12.7. The molecule has 6 nitrogen and oxygen atoms in total. The van der Waals surface area contributed by atoms with Gasteiger partial charge in [-0.25, -0.2) is 4.39 Å². The van der Waals surface area contributed by atoms with Crippen LogP contribution >= 0.6 is 0 Å². The van der Waals surface area contributed by atoms with Crippen molar-refractivity contribution in [1.29, 1.82) is 5.41 Å². The Morgan fingerprint density at radius 1 is 1.22 bits per heavy atom. The number of fused-ring (bicyclic) bond motifs is 1. The molecule has 1 aromatic rings. The highest BCUT2D eigenvalue weighted by molar-refractivity contribution is 6.47. The van der Waals surface area contributed by atoms with Gasteiger partial charge in [-0.2, -0.15) is 5.10 Å². The van der Waals surface area contributed by atoms with E-state index >= 15 is 0 Å². The van der Waals surface area contributed by atoms with Gasteiger partial charge in [0, 0.05) is 38.4 Å². The number of halogens is 1. The Morgan fingerprint density at radius 2 is 2.04 bits per heavy atom. The maximum atomic E-state index is 14.1. The predicted octanol–water partition coefficient (Wildman–Crippen LogP) is 2.04. The summed E-state index contributed by atoms with van der Waals surface area (Å²) in [6, 6.07) is 6.53. The molecule has 0 unspecified atom stereocenters. The van der Waals surface area contributed by atoms with E-state index in [-0.39, 0.29) is 30.3 Å². The van der Waals surface area contributed by atoms with Crippen molar-refractivity contribution in [3.63, 3.8) is 0 Å². The third kappa shape index (κ3) is 4.36. The van der Waals surface area contributed by atoms with Gasteiger partial charge in [-0.05, 0) is 37.3 Å². The fourth-order valence-corrected chi connectivity index (χ4v) is 4.11. The predicted molar refractivity (Wildman–Crippen MR) is 102 cm³/mol. The van der Waals surface area contributed by atoms with Gasteiger partial charge in [0.2, 0.25) is 0 Å². The molecule has 0 aromatic heterocycles. The Labute approximate surface area is 159 Å². The van der Waals surface area contributed by atoms with Crippen LogP contribution in [-0.2, 0) is 9.47 Å². The van der Waals surface area contributed by atoms with E-state index in [9.17, 15) is 4.39 Å². The van der Waals surface area contributed by atoms with Crippen molar-refractivity contribution in [1.82, 2.24) is 10.3 Å². The third-order valence-corrected chi connectivity index (χ3v) is 5.70. The molecule has 1 aromatic carbocycles. The van der Waals surface area contributed by atoms with Crippen molar-refractivity contribution in [3.8, 4) is 0 Å². The Hall–Kier alpha value is -1.83. The van der Waals surface area contributed by atoms with E-state index in [4.69, 9.17) is 14.9 Å². The highest BCUT2D eigenvalue weighted by Gasteiger charge is 2.33. The number of ether oxygens (including phenoxy) is 2. The van der Waals surface area contributed by atoms with Crippen LogP contribution < -0.4 is 5.43 Å². The van der Waals surface area contributed by atoms with Gasteiger partial charge in [-0.1, -0.05) is 12.1 Å². The summed E-state index contributed by atoms with van der Waals surface area (Å²) < 4.78 is 25.6. The van der Waals surface area contributed by atoms with Crippen LogP contribution in [0.15, 0.2) is 29.4 Å². The monoisotopic (exact) mass is 374 g/mol. The SMILES string of the molecule is N=C1CO[C@@H]2CN(CC3CCOCC3)CC[C@@H]2NN=C1c1ccccc1F. The molecular weight excluding hydrogens is 347 g/mol. The van der Waals surface area contributed by atoms with Crippen molar-refractivity contribution >= 4 is 11.4 Å². The molecule has 146 valence electrons. The molecule has 3 aliphatic rings. The second-order valence-electron chi connectivity index (χ2n) is 7.61. The minimum atomic E-state index is -0.369. The lowest BCUT2D eigenvalue weighted by molar-refractivity contribution is -0.0183. The number of hydrogen-bond acceptors (Lipinski definition) is 6. The smallest absolute Gasteiger partial charge is 0.132 e. The van der Waals surface area contributed by atoms with Crippen LogP contribution in [0.25, 0.3) is 0 Å². The Kier molecular flexibility index (Phi) is 5.80. The summed E-state index contributed by atoms with van der Waals surface area (Å²) in [5.41, 5.74) is 4.04. The average molecular weight is 374 g/mol. The molecule has 0 aliphatic carbocycles. The Balaban J connectivity index is 1.42. The van der Waals surface area contributed by atoms with Crippen molar-refractivity contribution in [2.45, 2.75) is 31.4 Å².